The molecular weight excluding hydrogens is 657 g/mol. The predicted molar refractivity (Wildman–Crippen MR) is 195 cm³/mol. The highest BCUT2D eigenvalue weighted by molar-refractivity contribution is 8.01. The second-order valence-electron chi connectivity index (χ2n) is 12.0. The van der Waals surface area contributed by atoms with Crippen molar-refractivity contribution in [2.45, 2.75) is 68.1 Å². The monoisotopic (exact) mass is 696 g/mol. The zero-order chi connectivity index (χ0) is 34.0. The number of amides is 2. The van der Waals surface area contributed by atoms with Crippen LogP contribution in [-0.2, 0) is 32.2 Å². The summed E-state index contributed by atoms with van der Waals surface area (Å²) in [4.78, 5) is 29.5. The summed E-state index contributed by atoms with van der Waals surface area (Å²) in [5.41, 5.74) is 11.8. The first-order valence-electron chi connectivity index (χ1n) is 16.4. The number of carbonyl (C=O) groups excluding carboxylic acids is 2. The lowest BCUT2D eigenvalue weighted by molar-refractivity contribution is -0.245. The quantitative estimate of drug-likeness (QED) is 0.0532. The maximum atomic E-state index is 12.5. The van der Waals surface area contributed by atoms with Gasteiger partial charge in [0.25, 0.3) is 0 Å². The minimum Gasteiger partial charge on any atom is -0.397 e. The van der Waals surface area contributed by atoms with Crippen LogP contribution in [0.1, 0.15) is 66.8 Å². The second kappa shape index (κ2) is 16.9. The van der Waals surface area contributed by atoms with Crippen molar-refractivity contribution in [1.29, 1.82) is 0 Å². The van der Waals surface area contributed by atoms with E-state index < -0.39 is 6.29 Å². The maximum absolute atomic E-state index is 12.5. The van der Waals surface area contributed by atoms with E-state index in [9.17, 15) is 14.7 Å². The number of thiazole rings is 1. The molecule has 5 aromatic rings. The van der Waals surface area contributed by atoms with Gasteiger partial charge in [-0.2, -0.15) is 0 Å². The van der Waals surface area contributed by atoms with Gasteiger partial charge in [0.15, 0.2) is 10.6 Å². The summed E-state index contributed by atoms with van der Waals surface area (Å²) in [6.45, 7) is 0.399. The van der Waals surface area contributed by atoms with Gasteiger partial charge in [-0.15, -0.1) is 11.3 Å². The summed E-state index contributed by atoms with van der Waals surface area (Å²) >= 11 is 3.39. The Labute approximate surface area is 294 Å². The zero-order valence-corrected chi connectivity index (χ0v) is 28.7. The Morgan fingerprint density at radius 2 is 1.55 bits per heavy atom. The molecule has 5 N–H and O–H groups in total. The Morgan fingerprint density at radius 1 is 0.857 bits per heavy atom. The number of nitrogens with zero attached hydrogens (tertiary/aromatic N) is 1. The summed E-state index contributed by atoms with van der Waals surface area (Å²) in [5.74, 6) is 0.564. The van der Waals surface area contributed by atoms with Crippen LogP contribution in [0.5, 0.6) is 0 Å². The van der Waals surface area contributed by atoms with Gasteiger partial charge in [-0.1, -0.05) is 84.6 Å². The van der Waals surface area contributed by atoms with E-state index in [4.69, 9.17) is 20.2 Å². The molecule has 3 unspecified atom stereocenters. The number of nitrogen functional groups attached to an aromatic ring is 1. The fourth-order valence-corrected chi connectivity index (χ4v) is 7.69. The summed E-state index contributed by atoms with van der Waals surface area (Å²) in [7, 11) is 0. The molecule has 1 fully saturated rings. The highest BCUT2D eigenvalue weighted by Crippen LogP contribution is 2.40. The molecule has 49 heavy (non-hydrogen) atoms. The fourth-order valence-electron chi connectivity index (χ4n) is 5.58. The number of para-hydroxylation sites is 3. The van der Waals surface area contributed by atoms with Gasteiger partial charge in [0, 0.05) is 37.1 Å². The molecule has 9 nitrogen and oxygen atoms in total. The van der Waals surface area contributed by atoms with Gasteiger partial charge in [-0.05, 0) is 53.8 Å². The van der Waals surface area contributed by atoms with Crippen LogP contribution in [0, 0.1) is 0 Å². The van der Waals surface area contributed by atoms with E-state index in [1.807, 2.05) is 78.9 Å². The van der Waals surface area contributed by atoms with Crippen molar-refractivity contribution >= 4 is 56.5 Å². The zero-order valence-electron chi connectivity index (χ0n) is 27.0. The van der Waals surface area contributed by atoms with Crippen molar-refractivity contribution < 1.29 is 24.2 Å². The number of ether oxygens (including phenoxy) is 2. The van der Waals surface area contributed by atoms with E-state index in [0.717, 1.165) is 37.9 Å². The van der Waals surface area contributed by atoms with E-state index in [2.05, 4.69) is 16.7 Å². The molecule has 0 bridgehead atoms. The molecule has 0 spiro atoms. The topological polar surface area (TPSA) is 136 Å². The average Bonchev–Trinajstić information content (AvgIpc) is 3.56. The Balaban J connectivity index is 1.00. The van der Waals surface area contributed by atoms with E-state index in [1.54, 1.807) is 35.2 Å². The Bertz CT molecular complexity index is 1810. The summed E-state index contributed by atoms with van der Waals surface area (Å²) in [6, 6.07) is 31.1. The molecule has 1 saturated heterocycles. The van der Waals surface area contributed by atoms with E-state index >= 15 is 0 Å². The van der Waals surface area contributed by atoms with E-state index in [-0.39, 0.29) is 30.6 Å². The number of benzene rings is 4. The van der Waals surface area contributed by atoms with Crippen LogP contribution in [0.2, 0.25) is 0 Å². The number of rotatable bonds is 14. The lowest BCUT2D eigenvalue weighted by Gasteiger charge is -2.36. The molecule has 0 saturated carbocycles. The second-order valence-corrected chi connectivity index (χ2v) is 14.3. The minimum atomic E-state index is -0.559. The van der Waals surface area contributed by atoms with Gasteiger partial charge in [-0.25, -0.2) is 4.98 Å². The molecule has 1 aliphatic rings. The summed E-state index contributed by atoms with van der Waals surface area (Å²) in [5, 5.41) is 15.3. The lowest BCUT2D eigenvalue weighted by atomic mass is 10.0. The number of nitrogens with one attached hydrogen (secondary N) is 2. The Hall–Kier alpha value is -4.26. The van der Waals surface area contributed by atoms with Crippen molar-refractivity contribution in [3.05, 3.63) is 119 Å². The molecular formula is C38H40N4O5S2. The normalized spacial score (nSPS) is 17.5. The minimum absolute atomic E-state index is 0.00402. The number of fused-ring (bicyclic) bond motifs is 1. The van der Waals surface area contributed by atoms with Crippen LogP contribution in [0.4, 0.5) is 11.4 Å². The molecule has 0 radical (unpaired) electrons. The molecule has 3 atom stereocenters. The largest absolute Gasteiger partial charge is 0.397 e. The van der Waals surface area contributed by atoms with Crippen molar-refractivity contribution in [3.8, 4) is 0 Å². The van der Waals surface area contributed by atoms with Crippen molar-refractivity contribution in [3.63, 3.8) is 0 Å². The number of aliphatic hydroxyl groups is 1. The van der Waals surface area contributed by atoms with E-state index in [0.29, 0.717) is 50.0 Å². The average molecular weight is 697 g/mol. The van der Waals surface area contributed by atoms with Crippen LogP contribution in [0.25, 0.3) is 10.2 Å². The van der Waals surface area contributed by atoms with E-state index in [1.165, 1.54) is 4.70 Å². The Morgan fingerprint density at radius 3 is 2.31 bits per heavy atom. The first-order chi connectivity index (χ1) is 23.9. The molecule has 1 aromatic heterocycles. The van der Waals surface area contributed by atoms with Crippen LogP contribution >= 0.6 is 23.1 Å². The number of unbranched alkanes of at least 4 members (excludes halogenated alkanes) is 1. The van der Waals surface area contributed by atoms with Crippen LogP contribution in [0.3, 0.4) is 0 Å². The van der Waals surface area contributed by atoms with Crippen molar-refractivity contribution in [2.24, 2.45) is 0 Å². The van der Waals surface area contributed by atoms with Crippen molar-refractivity contribution in [2.75, 3.05) is 16.8 Å². The van der Waals surface area contributed by atoms with Gasteiger partial charge in [-0.3, -0.25) is 9.59 Å². The first-order valence-corrected chi connectivity index (χ1v) is 18.2. The summed E-state index contributed by atoms with van der Waals surface area (Å²) in [6.07, 6.45) is 1.79. The number of carbonyl (C=O) groups is 2. The molecule has 2 heterocycles. The van der Waals surface area contributed by atoms with Gasteiger partial charge in [0.1, 0.15) is 0 Å². The maximum Gasteiger partial charge on any atom is 0.224 e. The third kappa shape index (κ3) is 9.68. The smallest absolute Gasteiger partial charge is 0.224 e. The van der Waals surface area contributed by atoms with Crippen LogP contribution in [0.15, 0.2) is 101 Å². The van der Waals surface area contributed by atoms with Crippen molar-refractivity contribution in [1.82, 2.24) is 10.3 Å². The number of aliphatic hydroxyl groups excluding tert-OH is 1. The molecule has 6 rings (SSSR count). The van der Waals surface area contributed by atoms with Gasteiger partial charge >= 0.3 is 0 Å². The SMILES string of the molecule is Nc1ccccc1NC(=O)CCCCC(=O)NCc1ccc(C2OC(CSc3nc4ccccc4s3)CC(c3ccc(CO)cc3)O2)cc1. The number of hydrogen-bond donors (Lipinski definition) is 4. The molecule has 0 aliphatic carbocycles. The predicted octanol–water partition coefficient (Wildman–Crippen LogP) is 7.52. The fraction of sp³-hybridized carbons (Fsp3) is 0.289. The number of nitrogens with two attached hydrogens (primary N) is 1. The molecule has 2 amide bonds. The number of hydrogen-bond acceptors (Lipinski definition) is 9. The van der Waals surface area contributed by atoms with Gasteiger partial charge < -0.3 is 30.9 Å². The third-order valence-electron chi connectivity index (χ3n) is 8.32. The van der Waals surface area contributed by atoms with Crippen LogP contribution in [-0.4, -0.2) is 33.8 Å². The standard InChI is InChI=1S/C38H40N4O5S2/c39-30-7-1-2-8-31(30)41-36(45)12-6-5-11-35(44)40-22-25-13-19-28(20-14-25)37-46-29(21-33(47-37)27-17-15-26(23-43)16-18-27)24-48-38-42-32-9-3-4-10-34(32)49-38/h1-4,7-10,13-20,29,33,37,43H,5-6,11-12,21-24,39H2,(H,40,44)(H,41,45). The van der Waals surface area contributed by atoms with Gasteiger partial charge in [0.2, 0.25) is 11.8 Å². The molecule has 11 heteroatoms. The Kier molecular flexibility index (Phi) is 11.9. The third-order valence-corrected chi connectivity index (χ3v) is 10.6. The number of aromatic nitrogens is 1. The number of anilines is 2. The van der Waals surface area contributed by atoms with Crippen LogP contribution < -0.4 is 16.4 Å². The number of thioether (sulfide) groups is 1. The molecule has 4 aromatic carbocycles. The first kappa shape index (κ1) is 34.6. The lowest BCUT2D eigenvalue weighted by Crippen LogP contribution is -2.31. The summed E-state index contributed by atoms with van der Waals surface area (Å²) < 4.78 is 15.2. The molecule has 1 aliphatic heterocycles. The molecule has 254 valence electrons. The van der Waals surface area contributed by atoms with Gasteiger partial charge in [0.05, 0.1) is 40.4 Å². The highest BCUT2D eigenvalue weighted by atomic mass is 32.2. The highest BCUT2D eigenvalue weighted by Gasteiger charge is 2.32.